The quantitative estimate of drug-likeness (QED) is 0.787. The van der Waals surface area contributed by atoms with Crippen molar-refractivity contribution in [2.75, 3.05) is 19.6 Å². The zero-order valence-electron chi connectivity index (χ0n) is 12.9. The summed E-state index contributed by atoms with van der Waals surface area (Å²) in [5.41, 5.74) is 1.64. The highest BCUT2D eigenvalue weighted by Crippen LogP contribution is 2.18. The van der Waals surface area contributed by atoms with E-state index in [9.17, 15) is 0 Å². The van der Waals surface area contributed by atoms with Crippen molar-refractivity contribution >= 4 is 10.8 Å². The van der Waals surface area contributed by atoms with Crippen molar-refractivity contribution in [3.05, 3.63) is 48.0 Å². The predicted octanol–water partition coefficient (Wildman–Crippen LogP) is 3.36. The number of fused-ring (bicyclic) bond motifs is 1. The number of hydrogen-bond donors (Lipinski definition) is 2. The second kappa shape index (κ2) is 6.87. The molecule has 20 heavy (non-hydrogen) atoms. The molecule has 0 aliphatic carbocycles. The lowest BCUT2D eigenvalue weighted by atomic mass is 10.0. The van der Waals surface area contributed by atoms with Crippen molar-refractivity contribution in [1.29, 1.82) is 0 Å². The highest BCUT2D eigenvalue weighted by Gasteiger charge is 2.06. The summed E-state index contributed by atoms with van der Waals surface area (Å²) in [5.74, 6) is 0. The van der Waals surface area contributed by atoms with Crippen LogP contribution in [0.15, 0.2) is 42.5 Å². The zero-order chi connectivity index (χ0) is 14.4. The van der Waals surface area contributed by atoms with Gasteiger partial charge in [0.25, 0.3) is 0 Å². The summed E-state index contributed by atoms with van der Waals surface area (Å²) in [6.45, 7) is 9.65. The molecule has 2 N–H and O–H groups in total. The van der Waals surface area contributed by atoms with Gasteiger partial charge in [0, 0.05) is 18.6 Å². The number of nitrogens with one attached hydrogen (secondary N) is 2. The summed E-state index contributed by atoms with van der Waals surface area (Å²) in [6, 6.07) is 15.2. The fourth-order valence-electron chi connectivity index (χ4n) is 2.38. The first kappa shape index (κ1) is 15.0. The molecule has 2 nitrogen and oxygen atoms in total. The molecule has 2 aromatic rings. The van der Waals surface area contributed by atoms with Crippen LogP contribution in [0.2, 0.25) is 0 Å². The first-order valence-electron chi connectivity index (χ1n) is 7.49. The van der Waals surface area contributed by atoms with E-state index < -0.39 is 0 Å². The van der Waals surface area contributed by atoms with Gasteiger partial charge in [0.2, 0.25) is 0 Å². The maximum Gasteiger partial charge on any atom is 0.00970 e. The zero-order valence-corrected chi connectivity index (χ0v) is 12.9. The maximum absolute atomic E-state index is 3.51. The summed E-state index contributed by atoms with van der Waals surface area (Å²) in [6.07, 6.45) is 1.08. The molecule has 0 heterocycles. The van der Waals surface area contributed by atoms with E-state index in [4.69, 9.17) is 0 Å². The average molecular weight is 270 g/mol. The largest absolute Gasteiger partial charge is 0.315 e. The van der Waals surface area contributed by atoms with E-state index in [1.807, 2.05) is 0 Å². The SMILES string of the molecule is CC(C)(C)NCCNCCc1cccc2ccccc12. The van der Waals surface area contributed by atoms with Crippen molar-refractivity contribution in [2.45, 2.75) is 32.7 Å². The lowest BCUT2D eigenvalue weighted by Crippen LogP contribution is -2.40. The first-order chi connectivity index (χ1) is 9.56. The Morgan fingerprint density at radius 1 is 0.850 bits per heavy atom. The molecule has 0 amide bonds. The van der Waals surface area contributed by atoms with Gasteiger partial charge < -0.3 is 10.6 Å². The standard InChI is InChI=1S/C18H26N2/c1-18(2,3)20-14-13-19-12-11-16-9-6-8-15-7-4-5-10-17(15)16/h4-10,19-20H,11-14H2,1-3H3. The molecule has 0 aromatic heterocycles. The summed E-state index contributed by atoms with van der Waals surface area (Å²) < 4.78 is 0. The van der Waals surface area contributed by atoms with Crippen LogP contribution in [0, 0.1) is 0 Å². The van der Waals surface area contributed by atoms with Gasteiger partial charge in [-0.05, 0) is 50.1 Å². The topological polar surface area (TPSA) is 24.1 Å². The normalized spacial score (nSPS) is 11.9. The molecule has 2 rings (SSSR count). The van der Waals surface area contributed by atoms with E-state index in [0.29, 0.717) is 0 Å². The second-order valence-electron chi connectivity index (χ2n) is 6.32. The average Bonchev–Trinajstić information content (AvgIpc) is 2.41. The van der Waals surface area contributed by atoms with Crippen molar-refractivity contribution in [1.82, 2.24) is 10.6 Å². The molecule has 0 saturated carbocycles. The Kier molecular flexibility index (Phi) is 5.16. The van der Waals surface area contributed by atoms with Gasteiger partial charge in [-0.1, -0.05) is 42.5 Å². The Morgan fingerprint density at radius 2 is 1.60 bits per heavy atom. The third-order valence-electron chi connectivity index (χ3n) is 3.41. The van der Waals surface area contributed by atoms with Gasteiger partial charge in [-0.3, -0.25) is 0 Å². The van der Waals surface area contributed by atoms with Crippen LogP contribution in [0.25, 0.3) is 10.8 Å². The van der Waals surface area contributed by atoms with Crippen molar-refractivity contribution in [3.63, 3.8) is 0 Å². The van der Waals surface area contributed by atoms with Crippen LogP contribution in [-0.4, -0.2) is 25.2 Å². The van der Waals surface area contributed by atoms with Gasteiger partial charge >= 0.3 is 0 Å². The second-order valence-corrected chi connectivity index (χ2v) is 6.32. The Labute approximate surface area is 122 Å². The van der Waals surface area contributed by atoms with Crippen LogP contribution in [-0.2, 0) is 6.42 Å². The van der Waals surface area contributed by atoms with Gasteiger partial charge in [-0.2, -0.15) is 0 Å². The monoisotopic (exact) mass is 270 g/mol. The van der Waals surface area contributed by atoms with Crippen LogP contribution in [0.4, 0.5) is 0 Å². The number of benzene rings is 2. The minimum absolute atomic E-state index is 0.206. The molecule has 2 heteroatoms. The molecule has 0 spiro atoms. The highest BCUT2D eigenvalue weighted by atomic mass is 15.0. The fourth-order valence-corrected chi connectivity index (χ4v) is 2.38. The molecule has 0 aliphatic heterocycles. The lowest BCUT2D eigenvalue weighted by molar-refractivity contribution is 0.422. The van der Waals surface area contributed by atoms with E-state index in [0.717, 1.165) is 26.1 Å². The van der Waals surface area contributed by atoms with Crippen LogP contribution >= 0.6 is 0 Å². The Balaban J connectivity index is 1.79. The molecule has 108 valence electrons. The van der Waals surface area contributed by atoms with Gasteiger partial charge in [-0.15, -0.1) is 0 Å². The molecule has 0 aliphatic rings. The van der Waals surface area contributed by atoms with Crippen LogP contribution in [0.1, 0.15) is 26.3 Å². The summed E-state index contributed by atoms with van der Waals surface area (Å²) in [7, 11) is 0. The third kappa shape index (κ3) is 4.62. The van der Waals surface area contributed by atoms with Gasteiger partial charge in [-0.25, -0.2) is 0 Å². The number of rotatable bonds is 6. The Bertz CT molecular complexity index is 535. The van der Waals surface area contributed by atoms with E-state index in [-0.39, 0.29) is 5.54 Å². The molecule has 0 radical (unpaired) electrons. The number of hydrogen-bond acceptors (Lipinski definition) is 2. The molecule has 0 unspecified atom stereocenters. The lowest BCUT2D eigenvalue weighted by Gasteiger charge is -2.20. The summed E-state index contributed by atoms with van der Waals surface area (Å²) in [4.78, 5) is 0. The van der Waals surface area contributed by atoms with E-state index >= 15 is 0 Å². The summed E-state index contributed by atoms with van der Waals surface area (Å²) in [5, 5.41) is 9.71. The van der Waals surface area contributed by atoms with Crippen LogP contribution in [0.5, 0.6) is 0 Å². The van der Waals surface area contributed by atoms with E-state index in [2.05, 4.69) is 73.9 Å². The van der Waals surface area contributed by atoms with Crippen molar-refractivity contribution in [3.8, 4) is 0 Å². The highest BCUT2D eigenvalue weighted by molar-refractivity contribution is 5.85. The molecule has 2 aromatic carbocycles. The molecule has 0 saturated heterocycles. The maximum atomic E-state index is 3.51. The third-order valence-corrected chi connectivity index (χ3v) is 3.41. The van der Waals surface area contributed by atoms with Gasteiger partial charge in [0.15, 0.2) is 0 Å². The Hall–Kier alpha value is -1.38. The predicted molar refractivity (Wildman–Crippen MR) is 88.3 cm³/mol. The Morgan fingerprint density at radius 3 is 2.40 bits per heavy atom. The molecular weight excluding hydrogens is 244 g/mol. The molecular formula is C18H26N2. The van der Waals surface area contributed by atoms with Gasteiger partial charge in [0.05, 0.1) is 0 Å². The minimum atomic E-state index is 0.206. The first-order valence-corrected chi connectivity index (χ1v) is 7.49. The fraction of sp³-hybridized carbons (Fsp3) is 0.444. The molecule has 0 atom stereocenters. The van der Waals surface area contributed by atoms with E-state index in [1.54, 1.807) is 0 Å². The van der Waals surface area contributed by atoms with Crippen molar-refractivity contribution < 1.29 is 0 Å². The molecule has 0 fully saturated rings. The van der Waals surface area contributed by atoms with Crippen molar-refractivity contribution in [2.24, 2.45) is 0 Å². The van der Waals surface area contributed by atoms with Gasteiger partial charge in [0.1, 0.15) is 0 Å². The minimum Gasteiger partial charge on any atom is -0.315 e. The van der Waals surface area contributed by atoms with E-state index in [1.165, 1.54) is 16.3 Å². The van der Waals surface area contributed by atoms with Crippen LogP contribution < -0.4 is 10.6 Å². The summed E-state index contributed by atoms with van der Waals surface area (Å²) >= 11 is 0. The molecule has 0 bridgehead atoms. The van der Waals surface area contributed by atoms with Crippen LogP contribution in [0.3, 0.4) is 0 Å². The smallest absolute Gasteiger partial charge is 0.00970 e.